The molecule has 1 aromatic rings. The molecule has 2 heterocycles. The third kappa shape index (κ3) is 4.01. The number of benzene rings is 1. The van der Waals surface area contributed by atoms with Crippen molar-refractivity contribution in [2.75, 3.05) is 11.8 Å². The van der Waals surface area contributed by atoms with Crippen LogP contribution in [0.5, 0.6) is 0 Å². The molecular weight excluding hydrogens is 380 g/mol. The standard InChI is InChI=1S/C20H24N2O3S2/c23-9-15-19(26-10-21-15)18(25)17-20(27-11-22-17)16(24)8-12-5-6-13-3-1-2-4-14(13)7-12/h1-4,9,12,15,17,19-22H,5-8,10-11H2/t12-,15+,17+,19?,20?/m0/s1. The average molecular weight is 405 g/mol. The van der Waals surface area contributed by atoms with Crippen LogP contribution in [0.1, 0.15) is 24.0 Å². The molecule has 5 nitrogen and oxygen atoms in total. The molecule has 0 amide bonds. The van der Waals surface area contributed by atoms with Gasteiger partial charge in [0.15, 0.2) is 5.78 Å². The molecule has 0 saturated carbocycles. The van der Waals surface area contributed by atoms with Gasteiger partial charge in [-0.1, -0.05) is 24.3 Å². The van der Waals surface area contributed by atoms with E-state index in [1.54, 1.807) is 0 Å². The van der Waals surface area contributed by atoms with Crippen LogP contribution < -0.4 is 10.6 Å². The molecule has 2 N–H and O–H groups in total. The van der Waals surface area contributed by atoms with Crippen molar-refractivity contribution in [3.63, 3.8) is 0 Å². The first-order chi connectivity index (χ1) is 13.2. The van der Waals surface area contributed by atoms with E-state index in [9.17, 15) is 14.4 Å². The Hall–Kier alpha value is -1.15. The van der Waals surface area contributed by atoms with E-state index in [1.165, 1.54) is 34.7 Å². The first-order valence-corrected chi connectivity index (χ1v) is 11.6. The number of thioether (sulfide) groups is 2. The van der Waals surface area contributed by atoms with Crippen LogP contribution in [0.3, 0.4) is 0 Å². The lowest BCUT2D eigenvalue weighted by Crippen LogP contribution is -2.49. The van der Waals surface area contributed by atoms with Gasteiger partial charge in [0, 0.05) is 18.2 Å². The molecule has 0 spiro atoms. The van der Waals surface area contributed by atoms with E-state index in [0.29, 0.717) is 24.1 Å². The Morgan fingerprint density at radius 3 is 2.63 bits per heavy atom. The SMILES string of the molecule is O=C[C@H]1NCSC1C(=O)[C@H]1NCSC1C(=O)C[C@H]1CCc2ccccc2C1. The van der Waals surface area contributed by atoms with Crippen LogP contribution in [-0.2, 0) is 27.2 Å². The second-order valence-corrected chi connectivity index (χ2v) is 9.72. The van der Waals surface area contributed by atoms with E-state index in [1.807, 2.05) is 0 Å². The summed E-state index contributed by atoms with van der Waals surface area (Å²) in [5.41, 5.74) is 2.76. The number of rotatable bonds is 6. The molecule has 144 valence electrons. The molecule has 2 fully saturated rings. The van der Waals surface area contributed by atoms with E-state index in [2.05, 4.69) is 34.9 Å². The molecule has 2 unspecified atom stereocenters. The topological polar surface area (TPSA) is 75.3 Å². The number of aryl methyl sites for hydroxylation is 1. The molecular formula is C20H24N2O3S2. The van der Waals surface area contributed by atoms with Gasteiger partial charge in [-0.2, -0.15) is 0 Å². The Kier molecular flexibility index (Phi) is 6.02. The molecule has 7 heteroatoms. The van der Waals surface area contributed by atoms with Crippen LogP contribution >= 0.6 is 23.5 Å². The third-order valence-corrected chi connectivity index (χ3v) is 8.21. The molecule has 4 rings (SSSR count). The summed E-state index contributed by atoms with van der Waals surface area (Å²) >= 11 is 2.99. The number of nitrogens with one attached hydrogen (secondary N) is 2. The van der Waals surface area contributed by atoms with Crippen molar-refractivity contribution in [3.8, 4) is 0 Å². The number of aldehydes is 1. The fourth-order valence-corrected chi connectivity index (χ4v) is 6.62. The third-order valence-electron chi connectivity index (χ3n) is 5.77. The highest BCUT2D eigenvalue weighted by Crippen LogP contribution is 2.33. The minimum atomic E-state index is -0.474. The number of Topliss-reactive ketones (excluding diaryl/α,β-unsaturated/α-hetero) is 2. The Morgan fingerprint density at radius 1 is 1.07 bits per heavy atom. The lowest BCUT2D eigenvalue weighted by molar-refractivity contribution is -0.126. The van der Waals surface area contributed by atoms with Gasteiger partial charge in [-0.3, -0.25) is 20.2 Å². The van der Waals surface area contributed by atoms with Gasteiger partial charge in [-0.05, 0) is 36.3 Å². The molecule has 0 bridgehead atoms. The number of carbonyl (C=O) groups excluding carboxylic acids is 3. The summed E-state index contributed by atoms with van der Waals surface area (Å²) in [7, 11) is 0. The Bertz CT molecular complexity index is 742. The molecule has 5 atom stereocenters. The van der Waals surface area contributed by atoms with Crippen molar-refractivity contribution >= 4 is 41.4 Å². The molecule has 1 aromatic carbocycles. The van der Waals surface area contributed by atoms with Crippen molar-refractivity contribution in [1.82, 2.24) is 10.6 Å². The zero-order chi connectivity index (χ0) is 18.8. The van der Waals surface area contributed by atoms with E-state index in [4.69, 9.17) is 0 Å². The molecule has 3 aliphatic rings. The number of ketones is 2. The summed E-state index contributed by atoms with van der Waals surface area (Å²) in [5.74, 6) is 1.72. The number of carbonyl (C=O) groups is 3. The largest absolute Gasteiger partial charge is 0.302 e. The van der Waals surface area contributed by atoms with Gasteiger partial charge in [-0.15, -0.1) is 23.5 Å². The smallest absolute Gasteiger partial charge is 0.166 e. The maximum Gasteiger partial charge on any atom is 0.166 e. The van der Waals surface area contributed by atoms with E-state index in [0.717, 1.165) is 25.5 Å². The van der Waals surface area contributed by atoms with Crippen LogP contribution in [0.25, 0.3) is 0 Å². The predicted molar refractivity (Wildman–Crippen MR) is 109 cm³/mol. The highest BCUT2D eigenvalue weighted by molar-refractivity contribution is 8.01. The lowest BCUT2D eigenvalue weighted by atomic mass is 9.80. The van der Waals surface area contributed by atoms with Crippen molar-refractivity contribution in [3.05, 3.63) is 35.4 Å². The first kappa shape index (κ1) is 19.2. The fourth-order valence-electron chi connectivity index (χ4n) is 4.31. The summed E-state index contributed by atoms with van der Waals surface area (Å²) in [4.78, 5) is 37.1. The second-order valence-electron chi connectivity index (χ2n) is 7.46. The van der Waals surface area contributed by atoms with Crippen LogP contribution in [0.2, 0.25) is 0 Å². The molecule has 1 aliphatic carbocycles. The highest BCUT2D eigenvalue weighted by atomic mass is 32.2. The average Bonchev–Trinajstić information content (AvgIpc) is 3.36. The summed E-state index contributed by atoms with van der Waals surface area (Å²) in [6.45, 7) is 0. The van der Waals surface area contributed by atoms with Gasteiger partial charge in [0.1, 0.15) is 12.1 Å². The van der Waals surface area contributed by atoms with Gasteiger partial charge in [-0.25, -0.2) is 0 Å². The number of hydrogen-bond donors (Lipinski definition) is 2. The number of fused-ring (bicyclic) bond motifs is 1. The van der Waals surface area contributed by atoms with Crippen LogP contribution in [0.15, 0.2) is 24.3 Å². The molecule has 0 radical (unpaired) electrons. The van der Waals surface area contributed by atoms with Crippen molar-refractivity contribution < 1.29 is 14.4 Å². The highest BCUT2D eigenvalue weighted by Gasteiger charge is 2.44. The second kappa shape index (κ2) is 8.47. The summed E-state index contributed by atoms with van der Waals surface area (Å²) in [6, 6.07) is 7.55. The zero-order valence-corrected chi connectivity index (χ0v) is 16.7. The van der Waals surface area contributed by atoms with Crippen LogP contribution in [0, 0.1) is 5.92 Å². The van der Waals surface area contributed by atoms with Gasteiger partial charge in [0.2, 0.25) is 0 Å². The van der Waals surface area contributed by atoms with E-state index < -0.39 is 17.3 Å². The van der Waals surface area contributed by atoms with Crippen molar-refractivity contribution in [2.45, 2.75) is 48.3 Å². The van der Waals surface area contributed by atoms with Crippen molar-refractivity contribution in [2.24, 2.45) is 5.92 Å². The van der Waals surface area contributed by atoms with Gasteiger partial charge >= 0.3 is 0 Å². The van der Waals surface area contributed by atoms with Crippen molar-refractivity contribution in [1.29, 1.82) is 0 Å². The molecule has 0 aromatic heterocycles. The minimum Gasteiger partial charge on any atom is -0.302 e. The Labute approximate surface area is 167 Å². The zero-order valence-electron chi connectivity index (χ0n) is 15.1. The lowest BCUT2D eigenvalue weighted by Gasteiger charge is -2.26. The maximum absolute atomic E-state index is 13.0. The van der Waals surface area contributed by atoms with E-state index >= 15 is 0 Å². The van der Waals surface area contributed by atoms with Crippen LogP contribution in [-0.4, -0.2) is 52.2 Å². The monoisotopic (exact) mass is 404 g/mol. The Balaban J connectivity index is 1.39. The predicted octanol–water partition coefficient (Wildman–Crippen LogP) is 1.58. The van der Waals surface area contributed by atoms with Gasteiger partial charge in [0.05, 0.1) is 22.6 Å². The van der Waals surface area contributed by atoms with Gasteiger partial charge in [0.25, 0.3) is 0 Å². The summed E-state index contributed by atoms with van der Waals surface area (Å²) in [5, 5.41) is 5.51. The fraction of sp³-hybridized carbons (Fsp3) is 0.550. The maximum atomic E-state index is 13.0. The first-order valence-electron chi connectivity index (χ1n) is 9.46. The van der Waals surface area contributed by atoms with Gasteiger partial charge < -0.3 is 4.79 Å². The normalized spacial score (nSPS) is 32.8. The molecule has 27 heavy (non-hydrogen) atoms. The van der Waals surface area contributed by atoms with Crippen LogP contribution in [0.4, 0.5) is 0 Å². The number of hydrogen-bond acceptors (Lipinski definition) is 7. The minimum absolute atomic E-state index is 0.0144. The summed E-state index contributed by atoms with van der Waals surface area (Å²) in [6.07, 6.45) is 4.34. The van der Waals surface area contributed by atoms with E-state index in [-0.39, 0.29) is 16.8 Å². The quantitative estimate of drug-likeness (QED) is 0.697. The Morgan fingerprint density at radius 2 is 1.81 bits per heavy atom. The summed E-state index contributed by atoms with van der Waals surface area (Å²) < 4.78 is 0. The molecule has 2 aliphatic heterocycles. The molecule has 2 saturated heterocycles.